The number of hydrogen-bond acceptors (Lipinski definition) is 3. The summed E-state index contributed by atoms with van der Waals surface area (Å²) in [7, 11) is 1.90. The summed E-state index contributed by atoms with van der Waals surface area (Å²) in [6.45, 7) is 0.594. The molecule has 0 atom stereocenters. The lowest BCUT2D eigenvalue weighted by atomic mass is 10.1. The van der Waals surface area contributed by atoms with Crippen molar-refractivity contribution < 1.29 is 9.21 Å². The first-order valence-electron chi connectivity index (χ1n) is 7.11. The van der Waals surface area contributed by atoms with Crippen LogP contribution in [0.3, 0.4) is 0 Å². The maximum atomic E-state index is 11.8. The standard InChI is InChI=1S/C17H17N3O2/c1-20-11-16(10-19-20)14-4-2-13(3-5-14)6-8-18-17(21)15-7-9-22-12-15/h2-5,7,9-12H,6,8H2,1H3,(H,18,21). The molecule has 1 N–H and O–H groups in total. The molecule has 0 unspecified atom stereocenters. The summed E-state index contributed by atoms with van der Waals surface area (Å²) in [5.41, 5.74) is 3.97. The Bertz CT molecular complexity index is 743. The van der Waals surface area contributed by atoms with Gasteiger partial charge in [0.15, 0.2) is 0 Å². The Morgan fingerprint density at radius 3 is 2.68 bits per heavy atom. The Labute approximate surface area is 128 Å². The zero-order valence-electron chi connectivity index (χ0n) is 12.3. The predicted molar refractivity (Wildman–Crippen MR) is 83.4 cm³/mol. The van der Waals surface area contributed by atoms with E-state index in [1.54, 1.807) is 10.7 Å². The van der Waals surface area contributed by atoms with Crippen LogP contribution in [0.5, 0.6) is 0 Å². The van der Waals surface area contributed by atoms with Crippen LogP contribution in [-0.4, -0.2) is 22.2 Å². The van der Waals surface area contributed by atoms with Crippen LogP contribution >= 0.6 is 0 Å². The molecule has 5 heteroatoms. The van der Waals surface area contributed by atoms with Gasteiger partial charge in [-0.3, -0.25) is 9.48 Å². The number of aromatic nitrogens is 2. The molecule has 3 aromatic rings. The molecule has 22 heavy (non-hydrogen) atoms. The number of carbonyl (C=O) groups is 1. The fourth-order valence-corrected chi connectivity index (χ4v) is 2.25. The van der Waals surface area contributed by atoms with Gasteiger partial charge in [-0.15, -0.1) is 0 Å². The molecule has 2 heterocycles. The van der Waals surface area contributed by atoms with Crippen LogP contribution in [0.2, 0.25) is 0 Å². The molecular weight excluding hydrogens is 278 g/mol. The Hall–Kier alpha value is -2.82. The van der Waals surface area contributed by atoms with E-state index >= 15 is 0 Å². The molecule has 0 aliphatic rings. The van der Waals surface area contributed by atoms with Crippen LogP contribution < -0.4 is 5.32 Å². The van der Waals surface area contributed by atoms with Gasteiger partial charge in [0.25, 0.3) is 5.91 Å². The van der Waals surface area contributed by atoms with Gasteiger partial charge in [0.1, 0.15) is 6.26 Å². The molecule has 0 saturated carbocycles. The molecule has 3 rings (SSSR count). The van der Waals surface area contributed by atoms with Crippen molar-refractivity contribution in [1.82, 2.24) is 15.1 Å². The Kier molecular flexibility index (Phi) is 4.05. The van der Waals surface area contributed by atoms with E-state index in [9.17, 15) is 4.79 Å². The van der Waals surface area contributed by atoms with Gasteiger partial charge in [-0.2, -0.15) is 5.10 Å². The van der Waals surface area contributed by atoms with Crippen LogP contribution in [0.1, 0.15) is 15.9 Å². The molecule has 112 valence electrons. The molecule has 0 spiro atoms. The lowest BCUT2D eigenvalue weighted by Crippen LogP contribution is -2.25. The van der Waals surface area contributed by atoms with Gasteiger partial charge in [0.2, 0.25) is 0 Å². The highest BCUT2D eigenvalue weighted by molar-refractivity contribution is 5.93. The summed E-state index contributed by atoms with van der Waals surface area (Å²) in [6.07, 6.45) is 7.56. The van der Waals surface area contributed by atoms with Gasteiger partial charge in [-0.1, -0.05) is 24.3 Å². The minimum Gasteiger partial charge on any atom is -0.472 e. The van der Waals surface area contributed by atoms with E-state index in [-0.39, 0.29) is 5.91 Å². The van der Waals surface area contributed by atoms with Gasteiger partial charge in [-0.05, 0) is 23.6 Å². The van der Waals surface area contributed by atoms with Crippen LogP contribution in [0.15, 0.2) is 59.7 Å². The summed E-state index contributed by atoms with van der Waals surface area (Å²) in [5.74, 6) is -0.110. The lowest BCUT2D eigenvalue weighted by Gasteiger charge is -2.05. The molecule has 0 bridgehead atoms. The summed E-state index contributed by atoms with van der Waals surface area (Å²) in [4.78, 5) is 11.8. The van der Waals surface area contributed by atoms with Crippen molar-refractivity contribution in [3.05, 3.63) is 66.4 Å². The first kappa shape index (κ1) is 14.1. The van der Waals surface area contributed by atoms with Crippen molar-refractivity contribution in [2.75, 3.05) is 6.54 Å². The minimum absolute atomic E-state index is 0.110. The zero-order chi connectivity index (χ0) is 15.4. The van der Waals surface area contributed by atoms with E-state index in [2.05, 4.69) is 34.7 Å². The average molecular weight is 295 g/mol. The number of nitrogens with zero attached hydrogens (tertiary/aromatic N) is 2. The third-order valence-corrected chi connectivity index (χ3v) is 3.47. The molecule has 0 fully saturated rings. The normalized spacial score (nSPS) is 10.6. The van der Waals surface area contributed by atoms with Crippen LogP contribution in [-0.2, 0) is 13.5 Å². The van der Waals surface area contributed by atoms with Crippen molar-refractivity contribution in [3.8, 4) is 11.1 Å². The lowest BCUT2D eigenvalue weighted by molar-refractivity contribution is 0.0953. The second-order valence-electron chi connectivity index (χ2n) is 5.12. The number of aryl methyl sites for hydroxylation is 1. The van der Waals surface area contributed by atoms with Crippen molar-refractivity contribution >= 4 is 5.91 Å². The molecule has 0 saturated heterocycles. The molecule has 0 aliphatic carbocycles. The first-order valence-corrected chi connectivity index (χ1v) is 7.11. The van der Waals surface area contributed by atoms with E-state index in [0.717, 1.165) is 17.5 Å². The number of benzene rings is 1. The fourth-order valence-electron chi connectivity index (χ4n) is 2.25. The number of amides is 1. The number of nitrogens with one attached hydrogen (secondary N) is 1. The molecule has 5 nitrogen and oxygen atoms in total. The number of hydrogen-bond donors (Lipinski definition) is 1. The third-order valence-electron chi connectivity index (χ3n) is 3.47. The maximum Gasteiger partial charge on any atom is 0.254 e. The summed E-state index contributed by atoms with van der Waals surface area (Å²) >= 11 is 0. The summed E-state index contributed by atoms with van der Waals surface area (Å²) < 4.78 is 6.68. The van der Waals surface area contributed by atoms with E-state index in [0.29, 0.717) is 12.1 Å². The summed E-state index contributed by atoms with van der Waals surface area (Å²) in [5, 5.41) is 7.04. The highest BCUT2D eigenvalue weighted by Crippen LogP contribution is 2.18. The number of rotatable bonds is 5. The minimum atomic E-state index is -0.110. The highest BCUT2D eigenvalue weighted by atomic mass is 16.3. The first-order chi connectivity index (χ1) is 10.7. The van der Waals surface area contributed by atoms with E-state index in [1.807, 2.05) is 19.4 Å². The number of furan rings is 1. The van der Waals surface area contributed by atoms with Crippen LogP contribution in [0, 0.1) is 0 Å². The average Bonchev–Trinajstić information content (AvgIpc) is 3.19. The van der Waals surface area contributed by atoms with Crippen LogP contribution in [0.25, 0.3) is 11.1 Å². The van der Waals surface area contributed by atoms with Gasteiger partial charge < -0.3 is 9.73 Å². The molecular formula is C17H17N3O2. The second kappa shape index (κ2) is 6.30. The zero-order valence-corrected chi connectivity index (χ0v) is 12.3. The Morgan fingerprint density at radius 1 is 1.23 bits per heavy atom. The van der Waals surface area contributed by atoms with Gasteiger partial charge in [0, 0.05) is 25.4 Å². The molecule has 0 radical (unpaired) electrons. The maximum absolute atomic E-state index is 11.8. The fraction of sp³-hybridized carbons (Fsp3) is 0.176. The largest absolute Gasteiger partial charge is 0.472 e. The molecule has 1 amide bonds. The molecule has 2 aromatic heterocycles. The molecule has 0 aliphatic heterocycles. The van der Waals surface area contributed by atoms with Crippen LogP contribution in [0.4, 0.5) is 0 Å². The second-order valence-corrected chi connectivity index (χ2v) is 5.12. The van der Waals surface area contributed by atoms with Gasteiger partial charge in [0.05, 0.1) is 18.0 Å². The SMILES string of the molecule is Cn1cc(-c2ccc(CCNC(=O)c3ccoc3)cc2)cn1. The van der Waals surface area contributed by atoms with Crippen molar-refractivity contribution in [1.29, 1.82) is 0 Å². The van der Waals surface area contributed by atoms with Crippen molar-refractivity contribution in [3.63, 3.8) is 0 Å². The molecule has 1 aromatic carbocycles. The van der Waals surface area contributed by atoms with Crippen molar-refractivity contribution in [2.45, 2.75) is 6.42 Å². The summed E-state index contributed by atoms with van der Waals surface area (Å²) in [6, 6.07) is 9.95. The van der Waals surface area contributed by atoms with E-state index < -0.39 is 0 Å². The van der Waals surface area contributed by atoms with E-state index in [4.69, 9.17) is 4.42 Å². The van der Waals surface area contributed by atoms with Crippen molar-refractivity contribution in [2.24, 2.45) is 7.05 Å². The highest BCUT2D eigenvalue weighted by Gasteiger charge is 2.06. The monoisotopic (exact) mass is 295 g/mol. The Balaban J connectivity index is 1.54. The quantitative estimate of drug-likeness (QED) is 0.787. The number of carbonyl (C=O) groups excluding carboxylic acids is 1. The van der Waals surface area contributed by atoms with Gasteiger partial charge >= 0.3 is 0 Å². The van der Waals surface area contributed by atoms with Gasteiger partial charge in [-0.25, -0.2) is 0 Å². The van der Waals surface area contributed by atoms with E-state index in [1.165, 1.54) is 18.1 Å². The Morgan fingerprint density at radius 2 is 2.05 bits per heavy atom. The third kappa shape index (κ3) is 3.25. The smallest absolute Gasteiger partial charge is 0.254 e. The predicted octanol–water partition coefficient (Wildman–Crippen LogP) is 2.65. The topological polar surface area (TPSA) is 60.1 Å².